The molecule has 1 heterocycles. The highest BCUT2D eigenvalue weighted by molar-refractivity contribution is 7.46. The monoisotopic (exact) mass is 680 g/mol. The minimum Gasteiger partial charge on any atom is -0.454 e. The molecule has 1 aliphatic heterocycles. The Hall–Kier alpha value is -1.92. The van der Waals surface area contributed by atoms with Gasteiger partial charge in [-0.25, -0.2) is 4.57 Å². The van der Waals surface area contributed by atoms with E-state index in [1.165, 1.54) is 0 Å². The Bertz CT molecular complexity index is 1240. The van der Waals surface area contributed by atoms with Crippen LogP contribution in [0.2, 0.25) is 16.6 Å². The summed E-state index contributed by atoms with van der Waals surface area (Å²) in [5.41, 5.74) is 1.63. The van der Waals surface area contributed by atoms with Crippen molar-refractivity contribution < 1.29 is 47.0 Å². The molecule has 0 unspecified atom stereocenters. The average Bonchev–Trinajstić information content (AvgIpc) is 2.96. The second-order valence-electron chi connectivity index (χ2n) is 13.9. The molecule has 12 heteroatoms. The van der Waals surface area contributed by atoms with Crippen LogP contribution in [0.1, 0.15) is 73.4 Å². The summed E-state index contributed by atoms with van der Waals surface area (Å²) in [7, 11) is -7.53. The number of phosphoric acid groups is 1. The molecule has 0 radical (unpaired) electrons. The number of benzene rings is 2. The summed E-state index contributed by atoms with van der Waals surface area (Å²) in [6.45, 7) is 18.4. The number of carbonyl (C=O) groups is 1. The Morgan fingerprint density at radius 1 is 0.804 bits per heavy atom. The van der Waals surface area contributed by atoms with Gasteiger partial charge in [0.25, 0.3) is 0 Å². The van der Waals surface area contributed by atoms with Crippen LogP contribution in [0.5, 0.6) is 0 Å². The van der Waals surface area contributed by atoms with Gasteiger partial charge in [0.15, 0.2) is 14.4 Å². The molecule has 1 aliphatic rings. The molecule has 2 aromatic carbocycles. The smallest absolute Gasteiger partial charge is 0.454 e. The molecule has 1 fully saturated rings. The number of hydrogen-bond donors (Lipinski definition) is 2. The molecule has 2 N–H and O–H groups in total. The Labute approximate surface area is 275 Å². The zero-order chi connectivity index (χ0) is 34.3. The third kappa shape index (κ3) is 10.3. The predicted octanol–water partition coefficient (Wildman–Crippen LogP) is 7.14. The lowest BCUT2D eigenvalue weighted by molar-refractivity contribution is -0.304. The lowest BCUT2D eigenvalue weighted by Crippen LogP contribution is -2.63. The van der Waals surface area contributed by atoms with Crippen molar-refractivity contribution in [1.82, 2.24) is 0 Å². The maximum absolute atomic E-state index is 13.3. The molecule has 258 valence electrons. The number of ether oxygens (including phenoxy) is 4. The van der Waals surface area contributed by atoms with Gasteiger partial charge < -0.3 is 33.2 Å². The topological polar surface area (TPSA) is 130 Å². The van der Waals surface area contributed by atoms with Crippen molar-refractivity contribution in [3.05, 3.63) is 71.8 Å². The van der Waals surface area contributed by atoms with E-state index in [0.29, 0.717) is 0 Å². The van der Waals surface area contributed by atoms with Gasteiger partial charge in [-0.05, 0) is 48.5 Å². The van der Waals surface area contributed by atoms with Gasteiger partial charge in [-0.3, -0.25) is 9.32 Å². The summed E-state index contributed by atoms with van der Waals surface area (Å²) >= 11 is 0. The van der Waals surface area contributed by atoms with Crippen molar-refractivity contribution in [3.63, 3.8) is 0 Å². The van der Waals surface area contributed by atoms with E-state index in [0.717, 1.165) is 11.1 Å². The largest absolute Gasteiger partial charge is 0.472 e. The predicted molar refractivity (Wildman–Crippen MR) is 178 cm³/mol. The van der Waals surface area contributed by atoms with E-state index >= 15 is 0 Å². The second kappa shape index (κ2) is 16.5. The zero-order valence-electron chi connectivity index (χ0n) is 28.6. The van der Waals surface area contributed by atoms with Crippen molar-refractivity contribution in [2.45, 2.75) is 123 Å². The van der Waals surface area contributed by atoms with Gasteiger partial charge in [0.05, 0.1) is 25.2 Å². The third-order valence-corrected chi connectivity index (χ3v) is 15.0. The van der Waals surface area contributed by atoms with Crippen LogP contribution in [0.3, 0.4) is 0 Å². The first kappa shape index (κ1) is 38.5. The molecule has 0 bridgehead atoms. The minimum atomic E-state index is -5.11. The molecular weight excluding hydrogens is 627 g/mol. The fourth-order valence-electron chi connectivity index (χ4n) is 6.31. The van der Waals surface area contributed by atoms with Gasteiger partial charge in [0, 0.05) is 0 Å². The van der Waals surface area contributed by atoms with Crippen LogP contribution in [0, 0.1) is 5.41 Å². The van der Waals surface area contributed by atoms with Crippen molar-refractivity contribution >= 4 is 22.1 Å². The van der Waals surface area contributed by atoms with E-state index in [9.17, 15) is 19.1 Å². The van der Waals surface area contributed by atoms with Gasteiger partial charge in [-0.1, -0.05) is 102 Å². The molecule has 46 heavy (non-hydrogen) atoms. The Kier molecular flexibility index (Phi) is 13.8. The van der Waals surface area contributed by atoms with Crippen LogP contribution in [-0.4, -0.2) is 61.4 Å². The molecule has 0 aliphatic carbocycles. The van der Waals surface area contributed by atoms with E-state index < -0.39 is 58.2 Å². The van der Waals surface area contributed by atoms with E-state index in [1.807, 2.05) is 60.7 Å². The molecule has 3 rings (SSSR count). The van der Waals surface area contributed by atoms with Crippen LogP contribution < -0.4 is 0 Å². The van der Waals surface area contributed by atoms with Crippen LogP contribution in [0.25, 0.3) is 0 Å². The first-order chi connectivity index (χ1) is 21.5. The van der Waals surface area contributed by atoms with Crippen LogP contribution >= 0.6 is 7.82 Å². The second-order valence-corrected chi connectivity index (χ2v) is 20.6. The number of phosphoric ester groups is 1. The fourth-order valence-corrected chi connectivity index (χ4v) is 12.2. The molecule has 10 nitrogen and oxygen atoms in total. The van der Waals surface area contributed by atoms with Crippen LogP contribution in [-0.2, 0) is 50.5 Å². The lowest BCUT2D eigenvalue weighted by atomic mass is 9.95. The summed E-state index contributed by atoms with van der Waals surface area (Å²) < 4.78 is 49.6. The standard InChI is InChI=1S/C34H53O10PSi/c1-23(2)46(24(3)4,25(5)6)41-22-28-29(39-20-26-16-12-10-13-17-26)30(40-21-27-18-14-11-15-19-27)31(43-33(35)34(7,8)9)32(42-28)44-45(36,37)38/h10-19,23-25,28-32H,20-22H2,1-9H3,(H2,36,37,38)/t28-,29-,30+,31-,32-/m1/s1. The van der Waals surface area contributed by atoms with E-state index in [4.69, 9.17) is 27.9 Å². The van der Waals surface area contributed by atoms with E-state index in [2.05, 4.69) is 41.5 Å². The molecule has 5 atom stereocenters. The molecular formula is C34H53O10PSi. The lowest BCUT2D eigenvalue weighted by Gasteiger charge is -2.48. The van der Waals surface area contributed by atoms with Gasteiger partial charge in [0.2, 0.25) is 6.29 Å². The number of rotatable bonds is 15. The van der Waals surface area contributed by atoms with Gasteiger partial charge in [0.1, 0.15) is 18.3 Å². The highest BCUT2D eigenvalue weighted by Crippen LogP contribution is 2.45. The highest BCUT2D eigenvalue weighted by Gasteiger charge is 2.54. The van der Waals surface area contributed by atoms with Crippen molar-refractivity contribution in [2.75, 3.05) is 6.61 Å². The minimum absolute atomic E-state index is 0.0619. The first-order valence-electron chi connectivity index (χ1n) is 16.0. The summed E-state index contributed by atoms with van der Waals surface area (Å²) in [4.78, 5) is 33.1. The average molecular weight is 681 g/mol. The highest BCUT2D eigenvalue weighted by atomic mass is 31.2. The summed E-state index contributed by atoms with van der Waals surface area (Å²) in [6, 6.07) is 19.0. The van der Waals surface area contributed by atoms with Crippen LogP contribution in [0.15, 0.2) is 60.7 Å². The Balaban J connectivity index is 2.11. The summed E-state index contributed by atoms with van der Waals surface area (Å²) in [6.07, 6.45) is -5.82. The molecule has 0 aromatic heterocycles. The van der Waals surface area contributed by atoms with Crippen molar-refractivity contribution in [1.29, 1.82) is 0 Å². The first-order valence-corrected chi connectivity index (χ1v) is 19.7. The number of esters is 1. The maximum atomic E-state index is 13.3. The van der Waals surface area contributed by atoms with Crippen molar-refractivity contribution in [2.24, 2.45) is 5.41 Å². The third-order valence-electron chi connectivity index (χ3n) is 8.46. The van der Waals surface area contributed by atoms with Gasteiger partial charge in [-0.15, -0.1) is 0 Å². The Morgan fingerprint density at radius 3 is 1.67 bits per heavy atom. The molecule has 0 amide bonds. The van der Waals surface area contributed by atoms with Gasteiger partial charge in [-0.2, -0.15) is 0 Å². The van der Waals surface area contributed by atoms with Crippen molar-refractivity contribution in [3.8, 4) is 0 Å². The number of carbonyl (C=O) groups excluding carboxylic acids is 1. The quantitative estimate of drug-likeness (QED) is 0.114. The van der Waals surface area contributed by atoms with Crippen LogP contribution in [0.4, 0.5) is 0 Å². The molecule has 0 spiro atoms. The maximum Gasteiger partial charge on any atom is 0.472 e. The molecule has 0 saturated carbocycles. The fraction of sp³-hybridized carbons (Fsp3) is 0.618. The summed E-state index contributed by atoms with van der Waals surface area (Å²) in [5.74, 6) is -0.615. The van der Waals surface area contributed by atoms with E-state index in [-0.39, 0.29) is 36.4 Å². The Morgan fingerprint density at radius 2 is 1.26 bits per heavy atom. The zero-order valence-corrected chi connectivity index (χ0v) is 30.5. The normalized spacial score (nSPS) is 22.9. The molecule has 2 aromatic rings. The number of hydrogen-bond acceptors (Lipinski definition) is 8. The van der Waals surface area contributed by atoms with E-state index in [1.54, 1.807) is 20.8 Å². The van der Waals surface area contributed by atoms with Gasteiger partial charge >= 0.3 is 13.8 Å². The SMILES string of the molecule is CC(C)[Si](OC[C@H]1O[C@H](OP(=O)(O)O)[C@H](OC(=O)C(C)(C)C)[C@@H](OCc2ccccc2)[C@@H]1OCc1ccccc1)(C(C)C)C(C)C. The molecule has 1 saturated heterocycles. The summed E-state index contributed by atoms with van der Waals surface area (Å²) in [5, 5.41) is 0.